The van der Waals surface area contributed by atoms with Crippen LogP contribution >= 0.6 is 0 Å². The molecule has 0 aliphatic heterocycles. The molecule has 0 fully saturated rings. The van der Waals surface area contributed by atoms with Crippen molar-refractivity contribution in [2.45, 2.75) is 32.2 Å². The van der Waals surface area contributed by atoms with Gasteiger partial charge in [0.15, 0.2) is 11.6 Å². The Morgan fingerprint density at radius 3 is 2.51 bits per heavy atom. The van der Waals surface area contributed by atoms with Crippen LogP contribution in [0.5, 0.6) is 5.75 Å². The highest BCUT2D eigenvalue weighted by Crippen LogP contribution is 2.51. The van der Waals surface area contributed by atoms with Crippen LogP contribution in [0.4, 0.5) is 14.5 Å². The van der Waals surface area contributed by atoms with Crippen molar-refractivity contribution in [3.05, 3.63) is 45.4 Å². The van der Waals surface area contributed by atoms with Crippen LogP contribution in [0.15, 0.2) is 28.7 Å². The molecule has 4 rings (SSSR count). The van der Waals surface area contributed by atoms with Gasteiger partial charge in [-0.25, -0.2) is 8.78 Å². The fourth-order valence-electron chi connectivity index (χ4n) is 5.59. The fourth-order valence-corrected chi connectivity index (χ4v) is 5.59. The molecule has 0 spiro atoms. The molecule has 0 heterocycles. The van der Waals surface area contributed by atoms with Crippen LogP contribution in [0.2, 0.25) is 0 Å². The van der Waals surface area contributed by atoms with Crippen molar-refractivity contribution in [1.82, 2.24) is 5.32 Å². The molecule has 1 aromatic rings. The molecule has 3 aliphatic carbocycles. The molecule has 3 atom stereocenters. The quantitative estimate of drug-likeness (QED) is 0.378. The standard InChI is InChI=1S/C24H27F2N3O6/c1-29(2)13-5-11(7-28-8-15(25)26)20(31)18-12(13)4-9-3-10-6-14(30)19(24(27)35)23(34)17(10)21(32)16(9)22(18)33/h5,9-10,15,17,28,30-32H,3-4,6-8H2,1-2H3,(H2,27,35). The molecule has 35 heavy (non-hydrogen) atoms. The predicted molar refractivity (Wildman–Crippen MR) is 121 cm³/mol. The van der Waals surface area contributed by atoms with E-state index in [0.717, 1.165) is 0 Å². The number of primary amides is 1. The van der Waals surface area contributed by atoms with E-state index in [-0.39, 0.29) is 41.8 Å². The average Bonchev–Trinajstić information content (AvgIpc) is 2.73. The molecule has 188 valence electrons. The van der Waals surface area contributed by atoms with Gasteiger partial charge in [0.2, 0.25) is 0 Å². The number of fused-ring (bicyclic) bond motifs is 3. The number of allylic oxidation sites excluding steroid dienone is 3. The highest BCUT2D eigenvalue weighted by Gasteiger charge is 2.50. The Balaban J connectivity index is 1.81. The lowest BCUT2D eigenvalue weighted by atomic mass is 9.62. The minimum absolute atomic E-state index is 0.0185. The van der Waals surface area contributed by atoms with Crippen molar-refractivity contribution in [2.24, 2.45) is 23.5 Å². The zero-order valence-corrected chi connectivity index (χ0v) is 19.3. The van der Waals surface area contributed by atoms with Crippen molar-refractivity contribution >= 4 is 23.2 Å². The van der Waals surface area contributed by atoms with Crippen LogP contribution in [0, 0.1) is 17.8 Å². The van der Waals surface area contributed by atoms with Crippen LogP contribution in [0.3, 0.4) is 0 Å². The van der Waals surface area contributed by atoms with Crippen LogP contribution in [-0.4, -0.2) is 59.9 Å². The summed E-state index contributed by atoms with van der Waals surface area (Å²) in [4.78, 5) is 40.0. The van der Waals surface area contributed by atoms with E-state index < -0.39 is 65.3 Å². The number of benzene rings is 1. The van der Waals surface area contributed by atoms with Crippen LogP contribution in [-0.2, 0) is 22.6 Å². The number of aliphatic hydroxyl groups excluding tert-OH is 2. The highest BCUT2D eigenvalue weighted by molar-refractivity contribution is 6.22. The number of alkyl halides is 2. The van der Waals surface area contributed by atoms with Gasteiger partial charge in [-0.2, -0.15) is 0 Å². The number of carbonyl (C=O) groups excluding carboxylic acids is 3. The van der Waals surface area contributed by atoms with Gasteiger partial charge in [-0.3, -0.25) is 14.4 Å². The van der Waals surface area contributed by atoms with Gasteiger partial charge in [0.05, 0.1) is 18.0 Å². The van der Waals surface area contributed by atoms with E-state index in [1.807, 2.05) is 0 Å². The molecular formula is C24H27F2N3O6. The third-order valence-electron chi connectivity index (χ3n) is 7.04. The molecule has 1 amide bonds. The zero-order chi connectivity index (χ0) is 25.8. The first-order valence-electron chi connectivity index (χ1n) is 11.2. The van der Waals surface area contributed by atoms with E-state index in [1.54, 1.807) is 25.1 Å². The normalized spacial score (nSPS) is 23.9. The van der Waals surface area contributed by atoms with Crippen molar-refractivity contribution in [3.8, 4) is 5.75 Å². The molecule has 0 radical (unpaired) electrons. The average molecular weight is 491 g/mol. The minimum Gasteiger partial charge on any atom is -0.511 e. The summed E-state index contributed by atoms with van der Waals surface area (Å²) in [7, 11) is 3.50. The Morgan fingerprint density at radius 2 is 1.91 bits per heavy atom. The Hall–Kier alpha value is -3.47. The smallest absolute Gasteiger partial charge is 0.255 e. The maximum atomic E-state index is 13.7. The zero-order valence-electron chi connectivity index (χ0n) is 19.3. The second-order valence-corrected chi connectivity index (χ2v) is 9.43. The van der Waals surface area contributed by atoms with E-state index >= 15 is 0 Å². The number of Topliss-reactive ketones (excluding diaryl/α,β-unsaturated/α-hetero) is 2. The molecule has 0 saturated heterocycles. The largest absolute Gasteiger partial charge is 0.511 e. The Labute approximate surface area is 199 Å². The molecule has 3 unspecified atom stereocenters. The number of hydrogen-bond acceptors (Lipinski definition) is 8. The summed E-state index contributed by atoms with van der Waals surface area (Å²) in [5, 5.41) is 34.8. The lowest BCUT2D eigenvalue weighted by Crippen LogP contribution is -2.43. The molecule has 0 saturated carbocycles. The SMILES string of the molecule is CN(C)c1cc(CNCC(F)F)c(O)c2c1CC1CC3CC(O)=C(C(N)=O)C(=O)C3C(O)=C1C2=O. The van der Waals surface area contributed by atoms with Crippen molar-refractivity contribution < 1.29 is 38.5 Å². The third-order valence-corrected chi connectivity index (χ3v) is 7.04. The lowest BCUT2D eigenvalue weighted by molar-refractivity contribution is -0.126. The molecule has 6 N–H and O–H groups in total. The summed E-state index contributed by atoms with van der Waals surface area (Å²) >= 11 is 0. The first-order valence-corrected chi connectivity index (χ1v) is 11.2. The maximum Gasteiger partial charge on any atom is 0.255 e. The number of phenols is 1. The van der Waals surface area contributed by atoms with E-state index in [1.165, 1.54) is 0 Å². The number of nitrogens with one attached hydrogen (secondary N) is 1. The summed E-state index contributed by atoms with van der Waals surface area (Å²) in [6.45, 7) is -0.704. The molecule has 3 aliphatic rings. The number of carbonyl (C=O) groups is 3. The number of amides is 1. The lowest BCUT2D eigenvalue weighted by Gasteiger charge is -2.41. The minimum atomic E-state index is -2.59. The van der Waals surface area contributed by atoms with E-state index in [0.29, 0.717) is 17.7 Å². The number of ketones is 2. The van der Waals surface area contributed by atoms with Crippen molar-refractivity contribution in [3.63, 3.8) is 0 Å². The van der Waals surface area contributed by atoms with Gasteiger partial charge in [0.25, 0.3) is 12.3 Å². The molecule has 1 aromatic carbocycles. The predicted octanol–water partition coefficient (Wildman–Crippen LogP) is 1.89. The topological polar surface area (TPSA) is 153 Å². The van der Waals surface area contributed by atoms with Gasteiger partial charge in [-0.15, -0.1) is 0 Å². The first-order chi connectivity index (χ1) is 16.4. The Bertz CT molecular complexity index is 1190. The second-order valence-electron chi connectivity index (χ2n) is 9.43. The van der Waals surface area contributed by atoms with Crippen molar-refractivity contribution in [2.75, 3.05) is 25.5 Å². The molecule has 0 aromatic heterocycles. The first kappa shape index (κ1) is 24.6. The number of nitrogens with zero attached hydrogens (tertiary/aromatic N) is 1. The van der Waals surface area contributed by atoms with Gasteiger partial charge in [0.1, 0.15) is 22.8 Å². The second kappa shape index (κ2) is 8.95. The number of halogens is 2. The van der Waals surface area contributed by atoms with Crippen molar-refractivity contribution in [1.29, 1.82) is 0 Å². The number of anilines is 1. The summed E-state index contributed by atoms with van der Waals surface area (Å²) in [5.74, 6) is -6.08. The van der Waals surface area contributed by atoms with Gasteiger partial charge in [0, 0.05) is 43.9 Å². The summed E-state index contributed by atoms with van der Waals surface area (Å²) in [6, 6.07) is 1.64. The van der Waals surface area contributed by atoms with Gasteiger partial charge in [-0.1, -0.05) is 0 Å². The number of rotatable bonds is 6. The van der Waals surface area contributed by atoms with Crippen LogP contribution in [0.25, 0.3) is 0 Å². The monoisotopic (exact) mass is 491 g/mol. The Kier molecular flexibility index (Phi) is 6.31. The number of phenolic OH excluding ortho intramolecular Hbond substituents is 1. The Morgan fingerprint density at radius 1 is 1.23 bits per heavy atom. The maximum absolute atomic E-state index is 13.7. The molecule has 0 bridgehead atoms. The number of hydrogen-bond donors (Lipinski definition) is 5. The molecular weight excluding hydrogens is 464 g/mol. The molecule has 11 heteroatoms. The van der Waals surface area contributed by atoms with Crippen LogP contribution in [0.1, 0.15) is 34.3 Å². The number of nitrogens with two attached hydrogens (primary N) is 1. The number of aromatic hydroxyl groups is 1. The van der Waals surface area contributed by atoms with Crippen LogP contribution < -0.4 is 16.0 Å². The van der Waals surface area contributed by atoms with E-state index in [2.05, 4.69) is 5.32 Å². The summed E-state index contributed by atoms with van der Waals surface area (Å²) in [6.07, 6.45) is -2.06. The summed E-state index contributed by atoms with van der Waals surface area (Å²) in [5.41, 5.74) is 6.02. The summed E-state index contributed by atoms with van der Waals surface area (Å²) < 4.78 is 25.2. The van der Waals surface area contributed by atoms with E-state index in [4.69, 9.17) is 5.73 Å². The van der Waals surface area contributed by atoms with E-state index in [9.17, 15) is 38.5 Å². The van der Waals surface area contributed by atoms with Gasteiger partial charge < -0.3 is 31.3 Å². The fraction of sp³-hybridized carbons (Fsp3) is 0.458. The van der Waals surface area contributed by atoms with Gasteiger partial charge >= 0.3 is 0 Å². The van der Waals surface area contributed by atoms with Gasteiger partial charge in [-0.05, 0) is 36.3 Å². The number of aliphatic hydroxyl groups is 2. The molecule has 9 nitrogen and oxygen atoms in total. The highest BCUT2D eigenvalue weighted by atomic mass is 19.3. The third kappa shape index (κ3) is 4.03.